The van der Waals surface area contributed by atoms with Crippen molar-refractivity contribution < 1.29 is 52.7 Å². The van der Waals surface area contributed by atoms with Crippen molar-refractivity contribution in [2.75, 3.05) is 0 Å². The van der Waals surface area contributed by atoms with Crippen LogP contribution in [0.3, 0.4) is 0 Å². The number of carboxylic acids is 4. The predicted octanol–water partition coefficient (Wildman–Crippen LogP) is -2.72. The molecule has 2 atom stereocenters. The molecule has 0 amide bonds. The first-order valence-corrected chi connectivity index (χ1v) is 4.33. The molecular weight excluding hydrogens is 336 g/mol. The number of hydrogen-bond acceptors (Lipinski definition) is 6. The van der Waals surface area contributed by atoms with E-state index in [-0.39, 0.29) is 78.3 Å². The molecule has 0 aliphatic carbocycles. The second-order valence-corrected chi connectivity index (χ2v) is 2.90. The van der Waals surface area contributed by atoms with E-state index in [1.807, 2.05) is 0 Å². The molecule has 0 aliphatic rings. The molecule has 0 fully saturated rings. The van der Waals surface area contributed by atoms with Crippen LogP contribution in [0.15, 0.2) is 0 Å². The molecule has 0 spiro atoms. The van der Waals surface area contributed by atoms with E-state index in [4.69, 9.17) is 30.6 Å². The van der Waals surface area contributed by atoms with Gasteiger partial charge in [-0.3, -0.25) is 9.59 Å². The molecule has 2 unspecified atom stereocenters. The maximum absolute atomic E-state index is 9.72. The third-order valence-corrected chi connectivity index (χ3v) is 1.31. The molecule has 104 valence electrons. The molecule has 6 N–H and O–H groups in total. The van der Waals surface area contributed by atoms with Gasteiger partial charge in [-0.1, -0.05) is 0 Å². The summed E-state index contributed by atoms with van der Waals surface area (Å²) in [4.78, 5) is 38.8. The van der Waals surface area contributed by atoms with Crippen molar-refractivity contribution in [1.29, 1.82) is 0 Å². The molecule has 0 radical (unpaired) electrons. The van der Waals surface area contributed by atoms with E-state index in [1.165, 1.54) is 0 Å². The van der Waals surface area contributed by atoms with Gasteiger partial charge in [0.1, 0.15) is 0 Å². The van der Waals surface area contributed by atoms with Crippen LogP contribution in [0.5, 0.6) is 0 Å². The van der Waals surface area contributed by atoms with Crippen molar-refractivity contribution in [2.45, 2.75) is 25.0 Å². The normalized spacial score (nSPS) is 11.3. The van der Waals surface area contributed by atoms with Crippen molar-refractivity contribution in [3.05, 3.63) is 0 Å². The Bertz CT molecular complexity index is 309. The summed E-state index contributed by atoms with van der Waals surface area (Å²) in [6.07, 6.45) is -5.09. The summed E-state index contributed by atoms with van der Waals surface area (Å²) < 4.78 is 0. The average Bonchev–Trinajstić information content (AvgIpc) is 2.16. The Kier molecular flexibility index (Phi) is 22.4. The van der Waals surface area contributed by atoms with Crippen molar-refractivity contribution in [3.63, 3.8) is 0 Å². The minimum atomic E-state index is -1.79. The SMILES string of the molecule is O=C(O)CC(O)C(=O)O.O=C(O)CC(O)C(=O)O.[Ca+2].[Ca+2].[H+].[H+]. The quantitative estimate of drug-likeness (QED) is 0.274. The fourth-order valence-corrected chi connectivity index (χ4v) is 0.505. The molecule has 0 saturated carbocycles. The van der Waals surface area contributed by atoms with Gasteiger partial charge in [-0.2, -0.15) is 0 Å². The van der Waals surface area contributed by atoms with E-state index in [9.17, 15) is 19.2 Å². The van der Waals surface area contributed by atoms with E-state index in [2.05, 4.69) is 0 Å². The third kappa shape index (κ3) is 20.6. The first-order valence-electron chi connectivity index (χ1n) is 4.33. The smallest absolute Gasteiger partial charge is 0.481 e. The minimum Gasteiger partial charge on any atom is -0.481 e. The molecule has 0 rings (SSSR count). The van der Waals surface area contributed by atoms with Gasteiger partial charge in [0.2, 0.25) is 0 Å². The van der Waals surface area contributed by atoms with Gasteiger partial charge >= 0.3 is 102 Å². The first-order chi connectivity index (χ1) is 8.07. The van der Waals surface area contributed by atoms with Crippen molar-refractivity contribution in [1.82, 2.24) is 0 Å². The Morgan fingerprint density at radius 1 is 0.700 bits per heavy atom. The summed E-state index contributed by atoms with van der Waals surface area (Å²) >= 11 is 0. The second kappa shape index (κ2) is 15.7. The maximum Gasteiger partial charge on any atom is 2.00 e. The van der Waals surface area contributed by atoms with Gasteiger partial charge < -0.3 is 30.6 Å². The molecule has 0 aromatic heterocycles. The molecule has 0 aromatic rings. The Morgan fingerprint density at radius 2 is 0.900 bits per heavy atom. The van der Waals surface area contributed by atoms with Crippen LogP contribution < -0.4 is 0 Å². The molecule has 0 aliphatic heterocycles. The Labute approximate surface area is 175 Å². The van der Waals surface area contributed by atoms with Gasteiger partial charge in [0, 0.05) is 0 Å². The molecule has 20 heavy (non-hydrogen) atoms. The summed E-state index contributed by atoms with van der Waals surface area (Å²) in [7, 11) is 0. The van der Waals surface area contributed by atoms with Gasteiger partial charge in [-0.25, -0.2) is 9.59 Å². The molecular formula is C8H14Ca2O10+6. The van der Waals surface area contributed by atoms with Gasteiger partial charge in [0.15, 0.2) is 12.2 Å². The molecule has 0 bridgehead atoms. The van der Waals surface area contributed by atoms with Crippen LogP contribution in [-0.2, 0) is 19.2 Å². The Morgan fingerprint density at radius 3 is 0.950 bits per heavy atom. The van der Waals surface area contributed by atoms with E-state index >= 15 is 0 Å². The number of carbonyl (C=O) groups is 4. The number of aliphatic hydroxyl groups excluding tert-OH is 2. The fraction of sp³-hybridized carbons (Fsp3) is 0.500. The Hall–Kier alpha value is 0.319. The van der Waals surface area contributed by atoms with Crippen LogP contribution in [0, 0.1) is 0 Å². The first kappa shape index (κ1) is 28.5. The summed E-state index contributed by atoms with van der Waals surface area (Å²) in [6, 6.07) is 0. The number of rotatable bonds is 6. The number of carboxylic acid groups (broad SMARTS) is 4. The van der Waals surface area contributed by atoms with E-state index in [1.54, 1.807) is 0 Å². The maximum atomic E-state index is 9.72. The van der Waals surface area contributed by atoms with Crippen LogP contribution in [0.25, 0.3) is 0 Å². The topological polar surface area (TPSA) is 190 Å². The van der Waals surface area contributed by atoms with Crippen LogP contribution in [0.4, 0.5) is 0 Å². The standard InChI is InChI=1S/2C4H6O5.2Ca/c2*5-2(4(8)9)1-3(6)7;;/h2*2,5H,1H2,(H,6,7)(H,8,9);;/q;;2*+2/p+2. The zero-order valence-corrected chi connectivity index (χ0v) is 14.7. The minimum absolute atomic E-state index is 0. The van der Waals surface area contributed by atoms with E-state index in [0.717, 1.165) is 0 Å². The van der Waals surface area contributed by atoms with Crippen molar-refractivity contribution >= 4 is 99.4 Å². The zero-order chi connectivity index (χ0) is 14.9. The summed E-state index contributed by atoms with van der Waals surface area (Å²) in [6.45, 7) is 0. The molecule has 10 nitrogen and oxygen atoms in total. The van der Waals surface area contributed by atoms with Gasteiger partial charge in [-0.05, 0) is 0 Å². The third-order valence-electron chi connectivity index (χ3n) is 1.31. The van der Waals surface area contributed by atoms with Crippen LogP contribution >= 0.6 is 0 Å². The fourth-order valence-electron chi connectivity index (χ4n) is 0.505. The summed E-state index contributed by atoms with van der Waals surface area (Å²) in [5.41, 5.74) is 0. The van der Waals surface area contributed by atoms with Crippen molar-refractivity contribution in [2.24, 2.45) is 0 Å². The molecule has 0 aromatic carbocycles. The van der Waals surface area contributed by atoms with Crippen molar-refractivity contribution in [3.8, 4) is 0 Å². The van der Waals surface area contributed by atoms with Crippen LogP contribution in [0.2, 0.25) is 0 Å². The predicted molar refractivity (Wildman–Crippen MR) is 65.5 cm³/mol. The monoisotopic (exact) mass is 350 g/mol. The number of aliphatic carboxylic acids is 4. The van der Waals surface area contributed by atoms with Gasteiger partial charge in [0.25, 0.3) is 0 Å². The number of hydrogen-bond donors (Lipinski definition) is 6. The average molecular weight is 350 g/mol. The summed E-state index contributed by atoms with van der Waals surface area (Å²) in [5.74, 6) is -5.69. The van der Waals surface area contributed by atoms with Gasteiger partial charge in [-0.15, -0.1) is 0 Å². The summed E-state index contributed by atoms with van der Waals surface area (Å²) in [5, 5.41) is 48.3. The Balaban J connectivity index is -0.0000000492. The second-order valence-electron chi connectivity index (χ2n) is 2.90. The van der Waals surface area contributed by atoms with E-state index < -0.39 is 48.9 Å². The van der Waals surface area contributed by atoms with Crippen LogP contribution in [-0.4, -0.2) is 142 Å². The largest absolute Gasteiger partial charge is 2.00 e. The molecule has 0 saturated heterocycles. The number of aliphatic hydroxyl groups is 2. The van der Waals surface area contributed by atoms with E-state index in [0.29, 0.717) is 0 Å². The van der Waals surface area contributed by atoms with Crippen LogP contribution in [0.1, 0.15) is 15.7 Å². The zero-order valence-electron chi connectivity index (χ0n) is 12.3. The molecule has 12 heteroatoms. The molecule has 0 heterocycles. The van der Waals surface area contributed by atoms with Gasteiger partial charge in [0.05, 0.1) is 12.8 Å².